The zero-order valence-electron chi connectivity index (χ0n) is 11.7. The molecule has 112 valence electrons. The SMILES string of the molecule is COC(=O)C1COCCN1Cc1coc(-c2cccs2)n1. The Labute approximate surface area is 126 Å². The molecule has 3 heterocycles. The van der Waals surface area contributed by atoms with Gasteiger partial charge in [0, 0.05) is 13.1 Å². The zero-order chi connectivity index (χ0) is 14.7. The summed E-state index contributed by atoms with van der Waals surface area (Å²) >= 11 is 1.58. The van der Waals surface area contributed by atoms with Crippen molar-refractivity contribution in [1.82, 2.24) is 9.88 Å². The maximum absolute atomic E-state index is 11.8. The molecule has 1 aliphatic rings. The maximum Gasteiger partial charge on any atom is 0.325 e. The fourth-order valence-electron chi connectivity index (χ4n) is 2.28. The van der Waals surface area contributed by atoms with Gasteiger partial charge in [-0.1, -0.05) is 6.07 Å². The lowest BCUT2D eigenvalue weighted by atomic mass is 10.2. The van der Waals surface area contributed by atoms with Crippen molar-refractivity contribution in [2.45, 2.75) is 12.6 Å². The first-order valence-electron chi connectivity index (χ1n) is 6.66. The number of nitrogens with zero attached hydrogens (tertiary/aromatic N) is 2. The van der Waals surface area contributed by atoms with E-state index in [4.69, 9.17) is 13.9 Å². The normalized spacial score (nSPS) is 19.6. The summed E-state index contributed by atoms with van der Waals surface area (Å²) in [5.41, 5.74) is 0.800. The van der Waals surface area contributed by atoms with Gasteiger partial charge < -0.3 is 13.9 Å². The van der Waals surface area contributed by atoms with Crippen molar-refractivity contribution in [2.24, 2.45) is 0 Å². The molecule has 2 aromatic heterocycles. The van der Waals surface area contributed by atoms with Gasteiger partial charge in [0.05, 0.1) is 30.9 Å². The molecular formula is C14H16N2O4S. The molecule has 0 aromatic carbocycles. The van der Waals surface area contributed by atoms with E-state index in [0.717, 1.165) is 10.6 Å². The number of carbonyl (C=O) groups is 1. The summed E-state index contributed by atoms with van der Waals surface area (Å²) in [4.78, 5) is 19.2. The molecule has 0 spiro atoms. The van der Waals surface area contributed by atoms with Crippen LogP contribution in [-0.4, -0.2) is 48.8 Å². The second-order valence-electron chi connectivity index (χ2n) is 4.71. The number of esters is 1. The Bertz CT molecular complexity index is 596. The van der Waals surface area contributed by atoms with Gasteiger partial charge in [-0.3, -0.25) is 9.69 Å². The molecule has 2 aromatic rings. The van der Waals surface area contributed by atoms with E-state index in [9.17, 15) is 4.79 Å². The molecule has 1 saturated heterocycles. The van der Waals surface area contributed by atoms with Gasteiger partial charge in [-0.25, -0.2) is 4.98 Å². The summed E-state index contributed by atoms with van der Waals surface area (Å²) in [6.07, 6.45) is 1.64. The highest BCUT2D eigenvalue weighted by Gasteiger charge is 2.30. The largest absolute Gasteiger partial charge is 0.468 e. The smallest absolute Gasteiger partial charge is 0.325 e. The molecule has 6 nitrogen and oxygen atoms in total. The minimum absolute atomic E-state index is 0.281. The number of oxazole rings is 1. The van der Waals surface area contributed by atoms with E-state index in [0.29, 0.717) is 32.2 Å². The Morgan fingerprint density at radius 2 is 2.52 bits per heavy atom. The van der Waals surface area contributed by atoms with E-state index in [1.165, 1.54) is 7.11 Å². The average molecular weight is 308 g/mol. The molecule has 1 aliphatic heterocycles. The van der Waals surface area contributed by atoms with Crippen LogP contribution >= 0.6 is 11.3 Å². The van der Waals surface area contributed by atoms with Crippen LogP contribution in [0.3, 0.4) is 0 Å². The Morgan fingerprint density at radius 3 is 3.29 bits per heavy atom. The fraction of sp³-hybridized carbons (Fsp3) is 0.429. The van der Waals surface area contributed by atoms with Crippen LogP contribution in [0.25, 0.3) is 10.8 Å². The van der Waals surface area contributed by atoms with Gasteiger partial charge in [0.1, 0.15) is 12.3 Å². The van der Waals surface area contributed by atoms with Gasteiger partial charge in [-0.05, 0) is 11.4 Å². The summed E-state index contributed by atoms with van der Waals surface area (Å²) in [5, 5.41) is 1.98. The number of rotatable bonds is 4. The van der Waals surface area contributed by atoms with Crippen molar-refractivity contribution in [2.75, 3.05) is 26.9 Å². The van der Waals surface area contributed by atoms with Gasteiger partial charge >= 0.3 is 5.97 Å². The van der Waals surface area contributed by atoms with Gasteiger partial charge in [0.25, 0.3) is 0 Å². The van der Waals surface area contributed by atoms with E-state index in [1.807, 2.05) is 22.4 Å². The summed E-state index contributed by atoms with van der Waals surface area (Å²) in [5.74, 6) is 0.333. The van der Waals surface area contributed by atoms with Crippen LogP contribution in [0.15, 0.2) is 28.2 Å². The Kier molecular flexibility index (Phi) is 4.33. The second kappa shape index (κ2) is 6.38. The fourth-order valence-corrected chi connectivity index (χ4v) is 2.94. The molecule has 3 rings (SSSR count). The van der Waals surface area contributed by atoms with Gasteiger partial charge in [-0.2, -0.15) is 0 Å². The molecule has 0 amide bonds. The molecule has 7 heteroatoms. The van der Waals surface area contributed by atoms with E-state index in [1.54, 1.807) is 17.6 Å². The lowest BCUT2D eigenvalue weighted by Crippen LogP contribution is -2.49. The van der Waals surface area contributed by atoms with Gasteiger partial charge in [0.2, 0.25) is 5.89 Å². The molecule has 1 unspecified atom stereocenters. The van der Waals surface area contributed by atoms with E-state index < -0.39 is 0 Å². The highest BCUT2D eigenvalue weighted by Crippen LogP contribution is 2.24. The third-order valence-corrected chi connectivity index (χ3v) is 4.22. The number of carbonyl (C=O) groups excluding carboxylic acids is 1. The van der Waals surface area contributed by atoms with Crippen molar-refractivity contribution in [3.05, 3.63) is 29.5 Å². The van der Waals surface area contributed by atoms with Crippen molar-refractivity contribution in [3.8, 4) is 10.8 Å². The summed E-state index contributed by atoms with van der Waals surface area (Å²) in [6, 6.07) is 3.54. The van der Waals surface area contributed by atoms with E-state index >= 15 is 0 Å². The second-order valence-corrected chi connectivity index (χ2v) is 5.65. The molecule has 0 radical (unpaired) electrons. The highest BCUT2D eigenvalue weighted by atomic mass is 32.1. The molecule has 0 bridgehead atoms. The topological polar surface area (TPSA) is 64.8 Å². The van der Waals surface area contributed by atoms with Crippen LogP contribution in [0.1, 0.15) is 5.69 Å². The molecule has 0 saturated carbocycles. The van der Waals surface area contributed by atoms with Crippen LogP contribution in [0.5, 0.6) is 0 Å². The number of hydrogen-bond donors (Lipinski definition) is 0. The number of ether oxygens (including phenoxy) is 2. The van der Waals surface area contributed by atoms with Crippen molar-refractivity contribution in [3.63, 3.8) is 0 Å². The number of morpholine rings is 1. The van der Waals surface area contributed by atoms with E-state index in [2.05, 4.69) is 4.98 Å². The van der Waals surface area contributed by atoms with Crippen LogP contribution in [-0.2, 0) is 20.8 Å². The summed E-state index contributed by atoms with van der Waals surface area (Å²) in [7, 11) is 1.39. The molecule has 1 atom stereocenters. The minimum atomic E-state index is -0.384. The average Bonchev–Trinajstić information content (AvgIpc) is 3.18. The van der Waals surface area contributed by atoms with Crippen molar-refractivity contribution >= 4 is 17.3 Å². The lowest BCUT2D eigenvalue weighted by Gasteiger charge is -2.32. The van der Waals surface area contributed by atoms with Crippen LogP contribution in [0, 0.1) is 0 Å². The van der Waals surface area contributed by atoms with E-state index in [-0.39, 0.29) is 12.0 Å². The Balaban J connectivity index is 1.71. The van der Waals surface area contributed by atoms with Crippen molar-refractivity contribution < 1.29 is 18.7 Å². The van der Waals surface area contributed by atoms with Crippen LogP contribution in [0.4, 0.5) is 0 Å². The third kappa shape index (κ3) is 3.15. The molecule has 0 N–H and O–H groups in total. The Morgan fingerprint density at radius 1 is 1.62 bits per heavy atom. The predicted octanol–water partition coefficient (Wildman–Crippen LogP) is 1.78. The Hall–Kier alpha value is -1.70. The number of aromatic nitrogens is 1. The lowest BCUT2D eigenvalue weighted by molar-refractivity contribution is -0.153. The maximum atomic E-state index is 11.8. The molecule has 21 heavy (non-hydrogen) atoms. The monoisotopic (exact) mass is 308 g/mol. The highest BCUT2D eigenvalue weighted by molar-refractivity contribution is 7.13. The molecular weight excluding hydrogens is 292 g/mol. The molecule has 1 fully saturated rings. The summed E-state index contributed by atoms with van der Waals surface area (Å²) < 4.78 is 15.7. The number of hydrogen-bond acceptors (Lipinski definition) is 7. The molecule has 0 aliphatic carbocycles. The first kappa shape index (κ1) is 14.2. The van der Waals surface area contributed by atoms with Gasteiger partial charge in [-0.15, -0.1) is 11.3 Å². The standard InChI is InChI=1S/C14H16N2O4S/c1-18-14(17)11-9-19-5-4-16(11)7-10-8-20-13(15-10)12-3-2-6-21-12/h2-3,6,8,11H,4-5,7,9H2,1H3. The zero-order valence-corrected chi connectivity index (χ0v) is 12.5. The first-order chi connectivity index (χ1) is 10.3. The summed E-state index contributed by atoms with van der Waals surface area (Å²) in [6.45, 7) is 2.16. The third-order valence-electron chi connectivity index (χ3n) is 3.36. The van der Waals surface area contributed by atoms with Crippen LogP contribution < -0.4 is 0 Å². The van der Waals surface area contributed by atoms with Gasteiger partial charge in [0.15, 0.2) is 0 Å². The van der Waals surface area contributed by atoms with Crippen molar-refractivity contribution in [1.29, 1.82) is 0 Å². The van der Waals surface area contributed by atoms with Crippen LogP contribution in [0.2, 0.25) is 0 Å². The first-order valence-corrected chi connectivity index (χ1v) is 7.54. The quantitative estimate of drug-likeness (QED) is 0.802. The number of methoxy groups -OCH3 is 1. The minimum Gasteiger partial charge on any atom is -0.468 e. The number of thiophene rings is 1. The predicted molar refractivity (Wildman–Crippen MR) is 76.8 cm³/mol.